The van der Waals surface area contributed by atoms with Gasteiger partial charge in [-0.2, -0.15) is 0 Å². The fourth-order valence-corrected chi connectivity index (χ4v) is 6.19. The molecule has 198 valence electrons. The van der Waals surface area contributed by atoms with Crippen LogP contribution in [0, 0.1) is 11.3 Å². The topological polar surface area (TPSA) is 83.9 Å². The van der Waals surface area contributed by atoms with Crippen LogP contribution >= 0.6 is 11.6 Å². The highest BCUT2D eigenvalue weighted by Crippen LogP contribution is 2.48. The zero-order chi connectivity index (χ0) is 27.4. The molecular weight excluding hydrogens is 504 g/mol. The summed E-state index contributed by atoms with van der Waals surface area (Å²) >= 11 is 6.54. The van der Waals surface area contributed by atoms with E-state index in [2.05, 4.69) is 0 Å². The molecule has 1 fully saturated rings. The number of carbonyl (C=O) groups is 3. The average Bonchev–Trinajstić information content (AvgIpc) is 2.91. The fraction of sp³-hybridized carbons (Fsp3) is 0.367. The van der Waals surface area contributed by atoms with Crippen molar-refractivity contribution < 1.29 is 24.2 Å². The number of carboxylic acids is 1. The van der Waals surface area contributed by atoms with Gasteiger partial charge in [0, 0.05) is 16.5 Å². The summed E-state index contributed by atoms with van der Waals surface area (Å²) in [4.78, 5) is 39.1. The summed E-state index contributed by atoms with van der Waals surface area (Å²) in [6.07, 6.45) is -0.605. The first-order valence-electron chi connectivity index (χ1n) is 12.7. The minimum Gasteiger partial charge on any atom is -0.480 e. The van der Waals surface area contributed by atoms with Crippen LogP contribution in [0.4, 0.5) is 5.69 Å². The van der Waals surface area contributed by atoms with Crippen molar-refractivity contribution in [1.29, 1.82) is 0 Å². The Kier molecular flexibility index (Phi) is 6.68. The number of ketones is 1. The number of quaternary nitrogens is 1. The van der Waals surface area contributed by atoms with Crippen molar-refractivity contribution in [2.24, 2.45) is 11.3 Å². The van der Waals surface area contributed by atoms with E-state index in [1.807, 2.05) is 75.4 Å². The predicted octanol–water partition coefficient (Wildman–Crippen LogP) is 5.38. The molecular formula is C30H32ClN2O5+. The standard InChI is InChI=1S/C30H31ClN2O5/c1-18(34)24-15-32(27(24)29(36)37)33(17-30(2,3)4)25-13-12-20(31)14-23(25)28(38-16-26(33)35)22-11-7-9-19-8-5-6-10-21(19)22/h5-14,24,27-28H,15-17H2,1-4H3/p+1/t24-,27+,28?,33?/m1/s1. The molecule has 1 amide bonds. The number of Topliss-reactive ketones (excluding diaryl/α,β-unsaturated/α-hetero) is 1. The second-order valence-electron chi connectivity index (χ2n) is 11.5. The summed E-state index contributed by atoms with van der Waals surface area (Å²) in [5.41, 5.74) is 1.85. The van der Waals surface area contributed by atoms with Crippen molar-refractivity contribution in [3.63, 3.8) is 0 Å². The zero-order valence-electron chi connectivity index (χ0n) is 22.0. The Morgan fingerprint density at radius 2 is 1.79 bits per heavy atom. The molecule has 2 aliphatic heterocycles. The van der Waals surface area contributed by atoms with E-state index >= 15 is 0 Å². The molecule has 0 radical (unpaired) electrons. The lowest BCUT2D eigenvalue weighted by Crippen LogP contribution is -2.79. The predicted molar refractivity (Wildman–Crippen MR) is 147 cm³/mol. The highest BCUT2D eigenvalue weighted by Gasteiger charge is 2.63. The van der Waals surface area contributed by atoms with Gasteiger partial charge in [0.2, 0.25) is 0 Å². The number of aliphatic carboxylic acids is 1. The molecule has 3 aromatic carbocycles. The van der Waals surface area contributed by atoms with E-state index < -0.39 is 24.0 Å². The van der Waals surface area contributed by atoms with Gasteiger partial charge < -0.3 is 9.84 Å². The largest absolute Gasteiger partial charge is 0.480 e. The Labute approximate surface area is 227 Å². The van der Waals surface area contributed by atoms with Crippen LogP contribution in [0.3, 0.4) is 0 Å². The van der Waals surface area contributed by atoms with Crippen LogP contribution in [0.5, 0.6) is 0 Å². The molecule has 5 rings (SSSR count). The summed E-state index contributed by atoms with van der Waals surface area (Å²) in [5, 5.41) is 14.4. The number of benzene rings is 3. The summed E-state index contributed by atoms with van der Waals surface area (Å²) < 4.78 is 6.04. The van der Waals surface area contributed by atoms with Gasteiger partial charge in [0.1, 0.15) is 18.4 Å². The highest BCUT2D eigenvalue weighted by molar-refractivity contribution is 6.30. The quantitative estimate of drug-likeness (QED) is 0.441. The molecule has 2 unspecified atom stereocenters. The molecule has 2 heterocycles. The van der Waals surface area contributed by atoms with Crippen molar-refractivity contribution in [2.75, 3.05) is 19.7 Å². The Balaban J connectivity index is 1.77. The lowest BCUT2D eigenvalue weighted by atomic mass is 9.85. The zero-order valence-corrected chi connectivity index (χ0v) is 22.7. The number of hydrogen-bond acceptors (Lipinski definition) is 5. The molecule has 3 aromatic rings. The number of fused-ring (bicyclic) bond motifs is 2. The van der Waals surface area contributed by atoms with Crippen molar-refractivity contribution in [3.8, 4) is 0 Å². The highest BCUT2D eigenvalue weighted by atomic mass is 35.5. The van der Waals surface area contributed by atoms with Crippen LogP contribution in [0.15, 0.2) is 60.7 Å². The number of carboxylic acid groups (broad SMARTS) is 1. The number of carbonyl (C=O) groups excluding carboxylic acids is 2. The second-order valence-corrected chi connectivity index (χ2v) is 11.9. The van der Waals surface area contributed by atoms with Gasteiger partial charge in [-0.25, -0.2) is 4.79 Å². The first kappa shape index (κ1) is 26.5. The maximum absolute atomic E-state index is 14.3. The third-order valence-corrected chi connectivity index (χ3v) is 7.80. The van der Waals surface area contributed by atoms with Gasteiger partial charge in [-0.1, -0.05) is 74.8 Å². The van der Waals surface area contributed by atoms with Gasteiger partial charge in [0.15, 0.2) is 18.3 Å². The number of halogens is 1. The molecule has 8 heteroatoms. The average molecular weight is 536 g/mol. The number of nitrogens with zero attached hydrogens (tertiary/aromatic N) is 2. The van der Waals surface area contributed by atoms with E-state index in [0.717, 1.165) is 16.3 Å². The van der Waals surface area contributed by atoms with Gasteiger partial charge in [-0.3, -0.25) is 9.59 Å². The van der Waals surface area contributed by atoms with E-state index in [1.54, 1.807) is 11.1 Å². The van der Waals surface area contributed by atoms with Gasteiger partial charge in [0.25, 0.3) is 0 Å². The minimum atomic E-state index is -1.13. The maximum Gasteiger partial charge on any atom is 0.363 e. The maximum atomic E-state index is 14.3. The van der Waals surface area contributed by atoms with E-state index in [4.69, 9.17) is 16.3 Å². The Morgan fingerprint density at radius 1 is 1.08 bits per heavy atom. The van der Waals surface area contributed by atoms with Crippen molar-refractivity contribution in [3.05, 3.63) is 76.8 Å². The van der Waals surface area contributed by atoms with Crippen LogP contribution in [0.25, 0.3) is 10.8 Å². The van der Waals surface area contributed by atoms with Crippen molar-refractivity contribution >= 4 is 45.7 Å². The molecule has 2 aliphatic rings. The third kappa shape index (κ3) is 4.33. The minimum absolute atomic E-state index is 0.162. The normalized spacial score (nSPS) is 25.9. The Morgan fingerprint density at radius 3 is 2.47 bits per heavy atom. The van der Waals surface area contributed by atoms with Gasteiger partial charge in [0.05, 0.1) is 18.0 Å². The summed E-state index contributed by atoms with van der Waals surface area (Å²) in [7, 11) is 0. The molecule has 1 N–H and O–H groups in total. The van der Waals surface area contributed by atoms with Crippen LogP contribution in [-0.2, 0) is 19.1 Å². The fourth-order valence-electron chi connectivity index (χ4n) is 6.01. The lowest BCUT2D eigenvalue weighted by Gasteiger charge is -2.54. The smallest absolute Gasteiger partial charge is 0.363 e. The second kappa shape index (κ2) is 9.58. The van der Waals surface area contributed by atoms with E-state index in [0.29, 0.717) is 22.8 Å². The van der Waals surface area contributed by atoms with Gasteiger partial charge in [-0.05, 0) is 35.4 Å². The Hall–Kier alpha value is -3.10. The number of ether oxygens (including phenoxy) is 1. The number of hydrogen-bond donors (Lipinski definition) is 1. The Bertz CT molecular complexity index is 1440. The molecule has 0 saturated carbocycles. The summed E-state index contributed by atoms with van der Waals surface area (Å²) in [6.45, 7) is 7.68. The summed E-state index contributed by atoms with van der Waals surface area (Å²) in [5.74, 6) is -2.29. The first-order chi connectivity index (χ1) is 17.9. The van der Waals surface area contributed by atoms with E-state index in [-0.39, 0.29) is 34.8 Å². The van der Waals surface area contributed by atoms with E-state index in [9.17, 15) is 19.5 Å². The molecule has 0 spiro atoms. The van der Waals surface area contributed by atoms with Crippen LogP contribution < -0.4 is 4.59 Å². The molecule has 7 nitrogen and oxygen atoms in total. The molecule has 4 atom stereocenters. The molecule has 38 heavy (non-hydrogen) atoms. The SMILES string of the molecule is CC(=O)[C@H]1CN([N+]2(CC(C)(C)C)C(=O)COC(c3cccc4ccccc34)c3cc(Cl)ccc32)[C@@H]1C(=O)O. The van der Waals surface area contributed by atoms with Crippen LogP contribution in [-0.4, -0.2) is 53.5 Å². The van der Waals surface area contributed by atoms with E-state index in [1.165, 1.54) is 6.92 Å². The van der Waals surface area contributed by atoms with Crippen LogP contribution in [0.2, 0.25) is 5.02 Å². The third-order valence-electron chi connectivity index (χ3n) is 7.57. The molecule has 1 saturated heterocycles. The monoisotopic (exact) mass is 535 g/mol. The molecule has 0 bridgehead atoms. The number of rotatable bonds is 5. The van der Waals surface area contributed by atoms with Crippen molar-refractivity contribution in [1.82, 2.24) is 9.60 Å². The molecule has 0 aliphatic carbocycles. The van der Waals surface area contributed by atoms with Gasteiger partial charge in [-0.15, -0.1) is 9.60 Å². The first-order valence-corrected chi connectivity index (χ1v) is 13.1. The lowest BCUT2D eigenvalue weighted by molar-refractivity contribution is -0.196. The van der Waals surface area contributed by atoms with Crippen LogP contribution in [0.1, 0.15) is 44.9 Å². The number of amides is 1. The summed E-state index contributed by atoms with van der Waals surface area (Å²) in [6, 6.07) is 18.2. The molecule has 0 aromatic heterocycles. The van der Waals surface area contributed by atoms with Gasteiger partial charge >= 0.3 is 11.9 Å². The van der Waals surface area contributed by atoms with Crippen molar-refractivity contribution in [2.45, 2.75) is 39.8 Å².